The molecule has 0 bridgehead atoms. The van der Waals surface area contributed by atoms with Gasteiger partial charge in [-0.3, -0.25) is 4.79 Å². The van der Waals surface area contributed by atoms with Gasteiger partial charge in [-0.2, -0.15) is 0 Å². The number of aromatic nitrogens is 2. The van der Waals surface area contributed by atoms with Crippen molar-refractivity contribution in [1.29, 1.82) is 0 Å². The van der Waals surface area contributed by atoms with Crippen molar-refractivity contribution in [3.05, 3.63) is 59.6 Å². The molecule has 1 amide bonds. The molecule has 1 aliphatic rings. The maximum Gasteiger partial charge on any atom is 0.233 e. The molecule has 0 N–H and O–H groups in total. The number of rotatable bonds is 6. The van der Waals surface area contributed by atoms with Gasteiger partial charge in [0.25, 0.3) is 0 Å². The fourth-order valence-corrected chi connectivity index (χ4v) is 4.40. The molecule has 7 heteroatoms. The van der Waals surface area contributed by atoms with Crippen LogP contribution in [-0.4, -0.2) is 39.2 Å². The summed E-state index contributed by atoms with van der Waals surface area (Å²) < 4.78 is 7.63. The van der Waals surface area contributed by atoms with E-state index in [1.165, 1.54) is 18.2 Å². The van der Waals surface area contributed by atoms with Gasteiger partial charge in [-0.1, -0.05) is 35.5 Å². The highest BCUT2D eigenvalue weighted by molar-refractivity contribution is 7.99. The van der Waals surface area contributed by atoms with Gasteiger partial charge < -0.3 is 13.9 Å². The van der Waals surface area contributed by atoms with Crippen LogP contribution < -0.4 is 0 Å². The molecule has 3 heterocycles. The van der Waals surface area contributed by atoms with Crippen LogP contribution in [0.2, 0.25) is 5.02 Å². The minimum atomic E-state index is 0.185. The summed E-state index contributed by atoms with van der Waals surface area (Å²) in [6, 6.07) is 11.5. The highest BCUT2D eigenvalue weighted by Gasteiger charge is 2.19. The second-order valence-corrected chi connectivity index (χ2v) is 8.21. The van der Waals surface area contributed by atoms with Crippen LogP contribution in [-0.2, 0) is 11.3 Å². The van der Waals surface area contributed by atoms with E-state index in [4.69, 9.17) is 16.0 Å². The summed E-state index contributed by atoms with van der Waals surface area (Å²) in [7, 11) is 0. The van der Waals surface area contributed by atoms with Crippen molar-refractivity contribution in [2.24, 2.45) is 0 Å². The molecular weight excluding hydrogens is 394 g/mol. The van der Waals surface area contributed by atoms with E-state index in [-0.39, 0.29) is 5.91 Å². The van der Waals surface area contributed by atoms with Gasteiger partial charge in [-0.15, -0.1) is 0 Å². The molecule has 0 saturated carbocycles. The first-order valence-corrected chi connectivity index (χ1v) is 10.8. The van der Waals surface area contributed by atoms with Crippen LogP contribution in [0.3, 0.4) is 0 Å². The lowest BCUT2D eigenvalue weighted by Crippen LogP contribution is -2.36. The van der Waals surface area contributed by atoms with Crippen molar-refractivity contribution in [2.75, 3.05) is 18.8 Å². The Balaban J connectivity index is 1.55. The quantitative estimate of drug-likeness (QED) is 0.534. The Morgan fingerprint density at radius 1 is 1.14 bits per heavy atom. The molecule has 1 fully saturated rings. The minimum Gasteiger partial charge on any atom is -0.467 e. The van der Waals surface area contributed by atoms with Crippen LogP contribution in [0.1, 0.15) is 25.0 Å². The first-order valence-electron chi connectivity index (χ1n) is 9.45. The summed E-state index contributed by atoms with van der Waals surface area (Å²) in [4.78, 5) is 19.1. The lowest BCUT2D eigenvalue weighted by atomic mass is 10.1. The molecule has 0 aliphatic carbocycles. The van der Waals surface area contributed by atoms with E-state index in [0.717, 1.165) is 48.1 Å². The molecule has 5 nitrogen and oxygen atoms in total. The number of thioether (sulfide) groups is 1. The van der Waals surface area contributed by atoms with Crippen molar-refractivity contribution in [1.82, 2.24) is 14.5 Å². The third-order valence-corrected chi connectivity index (χ3v) is 6.11. The standard InChI is InChI=1S/C21H22ClN3O2S/c22-17-8-6-16(7-9-17)19-13-23-21(25(19)14-18-5-4-12-27-18)28-15-20(26)24-10-2-1-3-11-24/h4-9,12-13H,1-3,10-11,14-15H2. The Bertz CT molecular complexity index is 916. The number of imidazole rings is 1. The maximum absolute atomic E-state index is 12.5. The predicted octanol–water partition coefficient (Wildman–Crippen LogP) is 4.95. The molecule has 28 heavy (non-hydrogen) atoms. The summed E-state index contributed by atoms with van der Waals surface area (Å²) in [6.07, 6.45) is 6.93. The topological polar surface area (TPSA) is 51.3 Å². The molecule has 1 saturated heterocycles. The first kappa shape index (κ1) is 19.2. The Hall–Kier alpha value is -2.18. The van der Waals surface area contributed by atoms with E-state index in [9.17, 15) is 4.79 Å². The lowest BCUT2D eigenvalue weighted by Gasteiger charge is -2.26. The van der Waals surface area contributed by atoms with Gasteiger partial charge >= 0.3 is 0 Å². The predicted molar refractivity (Wildman–Crippen MR) is 112 cm³/mol. The van der Waals surface area contributed by atoms with E-state index < -0.39 is 0 Å². The number of carbonyl (C=O) groups excluding carboxylic acids is 1. The van der Waals surface area contributed by atoms with Gasteiger partial charge in [0.2, 0.25) is 5.91 Å². The summed E-state index contributed by atoms with van der Waals surface area (Å²) in [5.41, 5.74) is 2.00. The summed E-state index contributed by atoms with van der Waals surface area (Å²) in [6.45, 7) is 2.30. The third kappa shape index (κ3) is 4.45. The van der Waals surface area contributed by atoms with E-state index in [0.29, 0.717) is 17.3 Å². The number of hydrogen-bond donors (Lipinski definition) is 0. The van der Waals surface area contributed by atoms with Gasteiger partial charge in [0.05, 0.1) is 30.5 Å². The van der Waals surface area contributed by atoms with Crippen LogP contribution in [0, 0.1) is 0 Å². The second-order valence-electron chi connectivity index (χ2n) is 6.83. The van der Waals surface area contributed by atoms with Gasteiger partial charge in [-0.05, 0) is 49.1 Å². The fraction of sp³-hybridized carbons (Fsp3) is 0.333. The van der Waals surface area contributed by atoms with Gasteiger partial charge in [0.15, 0.2) is 5.16 Å². The zero-order valence-corrected chi connectivity index (χ0v) is 17.1. The van der Waals surface area contributed by atoms with Crippen LogP contribution in [0.25, 0.3) is 11.3 Å². The molecule has 0 radical (unpaired) electrons. The largest absolute Gasteiger partial charge is 0.467 e. The van der Waals surface area contributed by atoms with Gasteiger partial charge in [-0.25, -0.2) is 4.98 Å². The van der Waals surface area contributed by atoms with Crippen LogP contribution in [0.15, 0.2) is 58.4 Å². The van der Waals surface area contributed by atoms with Crippen LogP contribution in [0.5, 0.6) is 0 Å². The maximum atomic E-state index is 12.5. The monoisotopic (exact) mass is 415 g/mol. The molecule has 3 aromatic rings. The molecule has 146 valence electrons. The van der Waals surface area contributed by atoms with Crippen molar-refractivity contribution in [2.45, 2.75) is 31.0 Å². The summed E-state index contributed by atoms with van der Waals surface area (Å²) in [5.74, 6) is 1.43. The van der Waals surface area contributed by atoms with Gasteiger partial charge in [0.1, 0.15) is 5.76 Å². The molecule has 1 aromatic carbocycles. The molecule has 2 aromatic heterocycles. The van der Waals surface area contributed by atoms with Crippen LogP contribution in [0.4, 0.5) is 0 Å². The third-order valence-electron chi connectivity index (χ3n) is 4.89. The van der Waals surface area contributed by atoms with Crippen molar-refractivity contribution in [3.8, 4) is 11.3 Å². The average molecular weight is 416 g/mol. The number of hydrogen-bond acceptors (Lipinski definition) is 4. The minimum absolute atomic E-state index is 0.185. The number of likely N-dealkylation sites (tertiary alicyclic amines) is 1. The number of piperidine rings is 1. The molecular formula is C21H22ClN3O2S. The number of benzene rings is 1. The Kier molecular flexibility index (Phi) is 6.07. The van der Waals surface area contributed by atoms with Gasteiger partial charge in [0, 0.05) is 18.1 Å². The molecule has 0 atom stereocenters. The van der Waals surface area contributed by atoms with E-state index in [2.05, 4.69) is 9.55 Å². The lowest BCUT2D eigenvalue weighted by molar-refractivity contribution is -0.129. The Morgan fingerprint density at radius 3 is 2.64 bits per heavy atom. The number of carbonyl (C=O) groups is 1. The Morgan fingerprint density at radius 2 is 1.93 bits per heavy atom. The average Bonchev–Trinajstić information content (AvgIpc) is 3.38. The molecule has 0 unspecified atom stereocenters. The first-order chi connectivity index (χ1) is 13.7. The molecule has 0 spiro atoms. The molecule has 4 rings (SSSR count). The zero-order chi connectivity index (χ0) is 19.3. The molecule has 1 aliphatic heterocycles. The van der Waals surface area contributed by atoms with Crippen molar-refractivity contribution >= 4 is 29.3 Å². The normalized spacial score (nSPS) is 14.4. The van der Waals surface area contributed by atoms with Crippen molar-refractivity contribution in [3.63, 3.8) is 0 Å². The summed E-state index contributed by atoms with van der Waals surface area (Å²) >= 11 is 7.52. The number of halogens is 1. The smallest absolute Gasteiger partial charge is 0.233 e. The second kappa shape index (κ2) is 8.88. The van der Waals surface area contributed by atoms with E-state index in [1.54, 1.807) is 6.26 Å². The number of nitrogens with zero attached hydrogens (tertiary/aromatic N) is 3. The van der Waals surface area contributed by atoms with Crippen LogP contribution >= 0.6 is 23.4 Å². The van der Waals surface area contributed by atoms with E-state index >= 15 is 0 Å². The number of amides is 1. The highest BCUT2D eigenvalue weighted by atomic mass is 35.5. The Labute approximate surface area is 173 Å². The summed E-state index contributed by atoms with van der Waals surface area (Å²) in [5, 5.41) is 1.51. The van der Waals surface area contributed by atoms with Crippen molar-refractivity contribution < 1.29 is 9.21 Å². The SMILES string of the molecule is O=C(CSc1ncc(-c2ccc(Cl)cc2)n1Cc1ccco1)N1CCCCC1. The number of furan rings is 1. The zero-order valence-electron chi connectivity index (χ0n) is 15.5. The highest BCUT2D eigenvalue weighted by Crippen LogP contribution is 2.28. The van der Waals surface area contributed by atoms with E-state index in [1.807, 2.05) is 47.5 Å². The fourth-order valence-electron chi connectivity index (χ4n) is 3.40.